The monoisotopic (exact) mass is 522 g/mol. The molecule has 0 fully saturated rings. The highest BCUT2D eigenvalue weighted by molar-refractivity contribution is 14.1. The normalized spacial score (nSPS) is 17.9. The number of halogens is 12. The Hall–Kier alpha value is -0.0400. The number of hydrogen-bond acceptors (Lipinski definition) is 0. The van der Waals surface area contributed by atoms with Crippen LogP contribution in [0.3, 0.4) is 0 Å². The first-order valence-corrected chi connectivity index (χ1v) is 9.05. The van der Waals surface area contributed by atoms with E-state index in [9.17, 15) is 48.3 Å². The fourth-order valence-corrected chi connectivity index (χ4v) is 3.29. The Labute approximate surface area is 157 Å². The lowest BCUT2D eigenvalue weighted by atomic mass is 9.86. The molecule has 0 amide bonds. The molecule has 0 bridgehead atoms. The number of hydrogen-bond donors (Lipinski definition) is 0. The molecule has 0 aromatic rings. The van der Waals surface area contributed by atoms with E-state index in [0.717, 1.165) is 0 Å². The Morgan fingerprint density at radius 3 is 1.50 bits per heavy atom. The van der Waals surface area contributed by atoms with E-state index in [4.69, 9.17) is 0 Å². The van der Waals surface area contributed by atoms with E-state index in [1.165, 1.54) is 0 Å². The molecule has 2 atom stereocenters. The molecule has 26 heavy (non-hydrogen) atoms. The first-order chi connectivity index (χ1) is 11.4. The van der Waals surface area contributed by atoms with Crippen LogP contribution < -0.4 is 0 Å². The second kappa shape index (κ2) is 8.97. The highest BCUT2D eigenvalue weighted by atomic mass is 127. The van der Waals surface area contributed by atoms with Gasteiger partial charge in [0.2, 0.25) is 5.67 Å². The molecule has 12 heteroatoms. The Bertz CT molecular complexity index is 408. The van der Waals surface area contributed by atoms with Crippen molar-refractivity contribution < 1.29 is 48.3 Å². The average Bonchev–Trinajstić information content (AvgIpc) is 2.39. The van der Waals surface area contributed by atoms with Crippen LogP contribution in [-0.4, -0.2) is 34.3 Å². The van der Waals surface area contributed by atoms with Gasteiger partial charge >= 0.3 is 18.5 Å². The zero-order chi connectivity index (χ0) is 21.0. The molecule has 158 valence electrons. The molecule has 0 spiro atoms. The second-order valence-electron chi connectivity index (χ2n) is 6.29. The van der Waals surface area contributed by atoms with Crippen LogP contribution in [0.5, 0.6) is 0 Å². The Kier molecular flexibility index (Phi) is 8.96. The minimum absolute atomic E-state index is 0.107. The van der Waals surface area contributed by atoms with Crippen molar-refractivity contribution in [2.24, 2.45) is 5.92 Å². The molecule has 0 aromatic carbocycles. The summed E-state index contributed by atoms with van der Waals surface area (Å²) in [4.78, 5) is 0. The van der Waals surface area contributed by atoms with Gasteiger partial charge in [-0.1, -0.05) is 35.4 Å². The van der Waals surface area contributed by atoms with E-state index in [-0.39, 0.29) is 19.3 Å². The quantitative estimate of drug-likeness (QED) is 0.127. The molecule has 0 aliphatic carbocycles. The van der Waals surface area contributed by atoms with E-state index in [1.54, 1.807) is 0 Å². The van der Waals surface area contributed by atoms with E-state index >= 15 is 0 Å². The van der Waals surface area contributed by atoms with E-state index in [2.05, 4.69) is 0 Å². The van der Waals surface area contributed by atoms with Crippen molar-refractivity contribution in [2.45, 2.75) is 75.3 Å². The zero-order valence-electron chi connectivity index (χ0n) is 13.6. The Morgan fingerprint density at radius 2 is 1.15 bits per heavy atom. The average molecular weight is 522 g/mol. The summed E-state index contributed by atoms with van der Waals surface area (Å²) in [7, 11) is 0. The Morgan fingerprint density at radius 1 is 0.692 bits per heavy atom. The summed E-state index contributed by atoms with van der Waals surface area (Å²) in [5.74, 6) is -0.894. The van der Waals surface area contributed by atoms with Gasteiger partial charge in [-0.3, -0.25) is 0 Å². The predicted octanol–water partition coefficient (Wildman–Crippen LogP) is 7.50. The topological polar surface area (TPSA) is 0 Å². The molecular weight excluding hydrogens is 504 g/mol. The number of unbranched alkanes of at least 4 members (excludes halogenated alkanes) is 1. The molecule has 0 aliphatic heterocycles. The van der Waals surface area contributed by atoms with Crippen LogP contribution in [-0.2, 0) is 0 Å². The molecule has 0 nitrogen and oxygen atoms in total. The fraction of sp³-hybridized carbons (Fsp3) is 1.00. The minimum atomic E-state index is -6.15. The van der Waals surface area contributed by atoms with Gasteiger partial charge in [0, 0.05) is 0 Å². The third kappa shape index (κ3) is 6.84. The molecule has 0 N–H and O–H groups in total. The van der Waals surface area contributed by atoms with Crippen LogP contribution in [0.25, 0.3) is 0 Å². The molecular formula is C14H18F11I. The maximum absolute atomic E-state index is 13.7. The van der Waals surface area contributed by atoms with Crippen LogP contribution in [0, 0.1) is 5.92 Å². The molecule has 0 aliphatic rings. The van der Waals surface area contributed by atoms with Crippen LogP contribution in [0.1, 0.15) is 45.4 Å². The molecule has 2 unspecified atom stereocenters. The third-order valence-corrected chi connectivity index (χ3v) is 4.69. The van der Waals surface area contributed by atoms with Crippen LogP contribution in [0.15, 0.2) is 0 Å². The van der Waals surface area contributed by atoms with Gasteiger partial charge in [0.25, 0.3) is 5.67 Å². The highest BCUT2D eigenvalue weighted by Crippen LogP contribution is 2.49. The maximum atomic E-state index is 13.7. The SMILES string of the molecule is CC(F)(CC(CCI)CCCCC(F)(C(F)(F)F)C(F)(F)F)C(F)(F)F. The van der Waals surface area contributed by atoms with Gasteiger partial charge in [0.05, 0.1) is 0 Å². The summed E-state index contributed by atoms with van der Waals surface area (Å²) in [5.41, 5.74) is -8.90. The molecule has 0 heterocycles. The van der Waals surface area contributed by atoms with Crippen molar-refractivity contribution in [2.75, 3.05) is 4.43 Å². The summed E-state index contributed by atoms with van der Waals surface area (Å²) >= 11 is 1.81. The van der Waals surface area contributed by atoms with Gasteiger partial charge in [-0.05, 0) is 43.0 Å². The molecule has 0 rings (SSSR count). The Balaban J connectivity index is 4.84. The summed E-state index contributed by atoms with van der Waals surface area (Å²) < 4.78 is 140. The van der Waals surface area contributed by atoms with Gasteiger partial charge in [-0.2, -0.15) is 39.5 Å². The summed E-state index contributed by atoms with van der Waals surface area (Å²) in [5, 5.41) is 0. The lowest BCUT2D eigenvalue weighted by Crippen LogP contribution is -2.53. The zero-order valence-corrected chi connectivity index (χ0v) is 15.7. The lowest BCUT2D eigenvalue weighted by Gasteiger charge is -2.30. The van der Waals surface area contributed by atoms with Gasteiger partial charge < -0.3 is 0 Å². The standard InChI is InChI=1S/C14H18F11I/c1-10(15,12(17,18)19)8-9(5-7-26)4-2-3-6-11(16,13(20,21)22)14(23,24)25/h9H,2-8H2,1H3. The third-order valence-electron chi connectivity index (χ3n) is 4.06. The van der Waals surface area contributed by atoms with Gasteiger partial charge in [-0.25, -0.2) is 8.78 Å². The summed E-state index contributed by atoms with van der Waals surface area (Å²) in [6, 6.07) is 0. The van der Waals surface area contributed by atoms with E-state index in [0.29, 0.717) is 11.4 Å². The van der Waals surface area contributed by atoms with Gasteiger partial charge in [0.1, 0.15) is 0 Å². The van der Waals surface area contributed by atoms with Crippen molar-refractivity contribution in [3.05, 3.63) is 0 Å². The van der Waals surface area contributed by atoms with Gasteiger partial charge in [0.15, 0.2) is 0 Å². The molecule has 0 radical (unpaired) electrons. The maximum Gasteiger partial charge on any atom is 0.431 e. The van der Waals surface area contributed by atoms with E-state index in [1.807, 2.05) is 22.6 Å². The smallest absolute Gasteiger partial charge is 0.234 e. The van der Waals surface area contributed by atoms with Crippen molar-refractivity contribution >= 4 is 22.6 Å². The van der Waals surface area contributed by atoms with Crippen molar-refractivity contribution in [3.63, 3.8) is 0 Å². The first kappa shape index (κ1) is 26.0. The minimum Gasteiger partial charge on any atom is -0.234 e. The largest absolute Gasteiger partial charge is 0.431 e. The number of alkyl halides is 12. The van der Waals surface area contributed by atoms with Crippen molar-refractivity contribution in [1.29, 1.82) is 0 Å². The summed E-state index contributed by atoms with van der Waals surface area (Å²) in [6.07, 6.45) is -21.6. The van der Waals surface area contributed by atoms with Crippen molar-refractivity contribution in [1.82, 2.24) is 0 Å². The molecule has 0 saturated carbocycles. The van der Waals surface area contributed by atoms with E-state index < -0.39 is 55.0 Å². The van der Waals surface area contributed by atoms with Crippen LogP contribution >= 0.6 is 22.6 Å². The highest BCUT2D eigenvalue weighted by Gasteiger charge is 2.71. The molecule has 0 saturated heterocycles. The molecule has 0 aromatic heterocycles. The lowest BCUT2D eigenvalue weighted by molar-refractivity contribution is -0.343. The van der Waals surface area contributed by atoms with Crippen LogP contribution in [0.4, 0.5) is 48.3 Å². The predicted molar refractivity (Wildman–Crippen MR) is 81.6 cm³/mol. The van der Waals surface area contributed by atoms with Crippen molar-refractivity contribution in [3.8, 4) is 0 Å². The fourth-order valence-electron chi connectivity index (χ4n) is 2.41. The number of rotatable bonds is 9. The summed E-state index contributed by atoms with van der Waals surface area (Å²) in [6.45, 7) is 0.326. The first-order valence-electron chi connectivity index (χ1n) is 7.53. The van der Waals surface area contributed by atoms with Crippen LogP contribution in [0.2, 0.25) is 0 Å². The second-order valence-corrected chi connectivity index (χ2v) is 7.36. The van der Waals surface area contributed by atoms with Gasteiger partial charge in [-0.15, -0.1) is 0 Å².